The van der Waals surface area contributed by atoms with Crippen molar-refractivity contribution in [2.24, 2.45) is 11.7 Å². The number of phenolic OH excluding ortho intramolecular Hbond substituents is 1. The monoisotopic (exact) mass is 902 g/mol. The van der Waals surface area contributed by atoms with Crippen molar-refractivity contribution in [2.45, 2.75) is 152 Å². The van der Waals surface area contributed by atoms with Crippen molar-refractivity contribution < 1.29 is 52.9 Å². The fraction of sp³-hybridized carbons (Fsp3) is 0.674. The van der Waals surface area contributed by atoms with Gasteiger partial charge in [-0.3, -0.25) is 34.1 Å². The maximum atomic E-state index is 13.5. The molecule has 8 atom stereocenters. The molecule has 4 rings (SSSR count). The van der Waals surface area contributed by atoms with Crippen LogP contribution in [-0.4, -0.2) is 126 Å². The SMILES string of the molecule is CCOC(=O)[C@@H]1O[C@H]1C(=O)N[C@@H](CC(C)C)C(=O)NC(=O)[C@H](Cc1ccc(O)cc1)NCCCCCC(=O)N[C@@H](CCCCNC(=O)CCCC[C@@H]1SC[C@@H]2NC(=O)N[C@@H]21)C(N)=O. The minimum absolute atomic E-state index is 0.0300. The smallest absolute Gasteiger partial charge is 0.338 e. The quantitative estimate of drug-likeness (QED) is 0.0235. The largest absolute Gasteiger partial charge is 0.508 e. The van der Waals surface area contributed by atoms with Crippen LogP contribution in [0, 0.1) is 5.92 Å². The summed E-state index contributed by atoms with van der Waals surface area (Å²) in [6, 6.07) is 3.79. The van der Waals surface area contributed by atoms with E-state index in [1.54, 1.807) is 19.1 Å². The summed E-state index contributed by atoms with van der Waals surface area (Å²) in [5.41, 5.74) is 6.29. The third-order valence-electron chi connectivity index (χ3n) is 11.0. The second kappa shape index (κ2) is 26.0. The number of esters is 1. The molecular weight excluding hydrogens is 837 g/mol. The molecule has 19 nitrogen and oxygen atoms in total. The Kier molecular flexibility index (Phi) is 20.9. The van der Waals surface area contributed by atoms with Crippen LogP contribution in [0.4, 0.5) is 4.79 Å². The predicted molar refractivity (Wildman–Crippen MR) is 234 cm³/mol. The normalized spacial score (nSPS) is 21.2. The fourth-order valence-electron chi connectivity index (χ4n) is 7.57. The van der Waals surface area contributed by atoms with Gasteiger partial charge in [0.05, 0.1) is 24.7 Å². The summed E-state index contributed by atoms with van der Waals surface area (Å²) >= 11 is 1.86. The van der Waals surface area contributed by atoms with Gasteiger partial charge in [0.15, 0.2) is 12.2 Å². The number of nitrogens with two attached hydrogens (primary N) is 1. The summed E-state index contributed by atoms with van der Waals surface area (Å²) in [4.78, 5) is 100. The number of hydrogen-bond acceptors (Lipinski definition) is 13. The van der Waals surface area contributed by atoms with Crippen molar-refractivity contribution in [2.75, 3.05) is 25.4 Å². The van der Waals surface area contributed by atoms with E-state index in [1.807, 2.05) is 25.6 Å². The number of urea groups is 1. The molecule has 3 saturated heterocycles. The number of carbonyl (C=O) groups is 8. The highest BCUT2D eigenvalue weighted by atomic mass is 32.2. The third kappa shape index (κ3) is 17.6. The molecule has 0 bridgehead atoms. The van der Waals surface area contributed by atoms with E-state index >= 15 is 0 Å². The van der Waals surface area contributed by atoms with Crippen LogP contribution in [0.2, 0.25) is 0 Å². The molecule has 0 aromatic heterocycles. The Morgan fingerprint density at radius 1 is 0.857 bits per heavy atom. The Labute approximate surface area is 373 Å². The van der Waals surface area contributed by atoms with Gasteiger partial charge in [-0.15, -0.1) is 0 Å². The van der Waals surface area contributed by atoms with Gasteiger partial charge < -0.3 is 52.2 Å². The second-order valence-corrected chi connectivity index (χ2v) is 18.0. The summed E-state index contributed by atoms with van der Waals surface area (Å²) in [6.07, 6.45) is 4.70. The van der Waals surface area contributed by atoms with E-state index < -0.39 is 59.9 Å². The van der Waals surface area contributed by atoms with E-state index in [-0.39, 0.29) is 67.5 Å². The van der Waals surface area contributed by atoms with Crippen molar-refractivity contribution in [1.82, 2.24) is 37.2 Å². The maximum Gasteiger partial charge on any atom is 0.338 e. The summed E-state index contributed by atoms with van der Waals surface area (Å²) in [5.74, 6) is -2.70. The Hall–Kier alpha value is -4.95. The van der Waals surface area contributed by atoms with Crippen LogP contribution in [-0.2, 0) is 49.5 Å². The van der Waals surface area contributed by atoms with Crippen LogP contribution in [0.3, 0.4) is 0 Å². The lowest BCUT2D eigenvalue weighted by Crippen LogP contribution is -2.54. The molecule has 1 aromatic rings. The molecule has 8 amide bonds. The fourth-order valence-corrected chi connectivity index (χ4v) is 9.12. The number of ether oxygens (including phenoxy) is 2. The average molecular weight is 903 g/mol. The lowest BCUT2D eigenvalue weighted by Gasteiger charge is -2.22. The number of aromatic hydroxyl groups is 1. The third-order valence-corrected chi connectivity index (χ3v) is 12.5. The number of hydrogen-bond donors (Lipinski definition) is 9. The number of benzene rings is 1. The van der Waals surface area contributed by atoms with E-state index in [2.05, 4.69) is 37.2 Å². The zero-order valence-corrected chi connectivity index (χ0v) is 37.4. The molecule has 0 unspecified atom stereocenters. The average Bonchev–Trinajstić information content (AvgIpc) is 3.84. The summed E-state index contributed by atoms with van der Waals surface area (Å²) in [7, 11) is 0. The Balaban J connectivity index is 1.12. The van der Waals surface area contributed by atoms with Gasteiger partial charge in [-0.05, 0) is 94.9 Å². The highest BCUT2D eigenvalue weighted by Crippen LogP contribution is 2.33. The van der Waals surface area contributed by atoms with Crippen LogP contribution in [0.1, 0.15) is 103 Å². The molecule has 350 valence electrons. The van der Waals surface area contributed by atoms with Gasteiger partial charge in [0.25, 0.3) is 5.91 Å². The van der Waals surface area contributed by atoms with Gasteiger partial charge in [-0.1, -0.05) is 38.8 Å². The molecule has 0 aliphatic carbocycles. The predicted octanol–water partition coefficient (Wildman–Crippen LogP) is 0.940. The van der Waals surface area contributed by atoms with Crippen molar-refractivity contribution in [1.29, 1.82) is 0 Å². The second-order valence-electron chi connectivity index (χ2n) is 16.7. The molecule has 0 radical (unpaired) electrons. The lowest BCUT2D eigenvalue weighted by atomic mass is 10.0. The number of imide groups is 1. The number of rotatable bonds is 29. The summed E-state index contributed by atoms with van der Waals surface area (Å²) < 4.78 is 10.1. The Morgan fingerprint density at radius 2 is 1.56 bits per heavy atom. The number of carbonyl (C=O) groups excluding carboxylic acids is 8. The van der Waals surface area contributed by atoms with Gasteiger partial charge in [-0.25, -0.2) is 9.59 Å². The first-order valence-corrected chi connectivity index (χ1v) is 23.2. The zero-order chi connectivity index (χ0) is 45.9. The van der Waals surface area contributed by atoms with E-state index in [4.69, 9.17) is 15.2 Å². The molecule has 20 heteroatoms. The number of phenols is 1. The number of nitrogens with one attached hydrogen (secondary N) is 7. The zero-order valence-electron chi connectivity index (χ0n) is 36.5. The van der Waals surface area contributed by atoms with Crippen LogP contribution < -0.4 is 43.0 Å². The highest BCUT2D eigenvalue weighted by Gasteiger charge is 2.52. The Bertz CT molecular complexity index is 1730. The highest BCUT2D eigenvalue weighted by molar-refractivity contribution is 8.00. The lowest BCUT2D eigenvalue weighted by molar-refractivity contribution is -0.144. The van der Waals surface area contributed by atoms with Gasteiger partial charge in [0.1, 0.15) is 17.8 Å². The van der Waals surface area contributed by atoms with E-state index in [1.165, 1.54) is 12.1 Å². The van der Waals surface area contributed by atoms with E-state index in [0.29, 0.717) is 63.3 Å². The standard InChI is InChI=1S/C43H66N8O11S/c1-4-61-42(59)37-36(62-37)41(58)48-30(22-25(2)3)40(57)51-39(56)29(23-26-16-18-27(52)19-17-26)45-20-10-5-6-15-34(54)47-28(38(44)55)12-9-11-21-46-33(53)14-8-7-13-32-35-31(24-63-32)49-43(60)50-35/h16-19,25,28-32,35-37,45,52H,4-15,20-24H2,1-3H3,(H2,44,55)(H,46,53)(H,47,54)(H,48,58)(H2,49,50,60)(H,51,56,57)/t28-,29-,30-,31-,32-,35-,36+,37+/m0/s1. The maximum absolute atomic E-state index is 13.5. The molecule has 63 heavy (non-hydrogen) atoms. The topological polar surface area (TPSA) is 289 Å². The molecule has 3 aliphatic rings. The number of fused-ring (bicyclic) bond motifs is 1. The number of unbranched alkanes of at least 4 members (excludes halogenated alkanes) is 4. The van der Waals surface area contributed by atoms with Crippen LogP contribution in [0.5, 0.6) is 5.75 Å². The molecule has 0 saturated carbocycles. The van der Waals surface area contributed by atoms with Crippen molar-refractivity contribution in [3.05, 3.63) is 29.8 Å². The van der Waals surface area contributed by atoms with Gasteiger partial charge in [0, 0.05) is 30.4 Å². The van der Waals surface area contributed by atoms with Gasteiger partial charge in [-0.2, -0.15) is 11.8 Å². The Morgan fingerprint density at radius 3 is 2.27 bits per heavy atom. The van der Waals surface area contributed by atoms with Crippen molar-refractivity contribution >= 4 is 59.2 Å². The number of amides is 8. The van der Waals surface area contributed by atoms with E-state index in [0.717, 1.165) is 30.6 Å². The van der Waals surface area contributed by atoms with Crippen LogP contribution >= 0.6 is 11.8 Å². The van der Waals surface area contributed by atoms with Gasteiger partial charge >= 0.3 is 12.0 Å². The summed E-state index contributed by atoms with van der Waals surface area (Å²) in [6.45, 7) is 6.30. The minimum Gasteiger partial charge on any atom is -0.508 e. The molecular formula is C43H66N8O11S. The van der Waals surface area contributed by atoms with Crippen molar-refractivity contribution in [3.63, 3.8) is 0 Å². The van der Waals surface area contributed by atoms with E-state index in [9.17, 15) is 43.5 Å². The molecule has 10 N–H and O–H groups in total. The molecule has 3 fully saturated rings. The molecule has 1 aromatic carbocycles. The van der Waals surface area contributed by atoms with Crippen molar-refractivity contribution in [3.8, 4) is 5.75 Å². The number of primary amides is 1. The van der Waals surface area contributed by atoms with Crippen LogP contribution in [0.25, 0.3) is 0 Å². The van der Waals surface area contributed by atoms with Crippen LogP contribution in [0.15, 0.2) is 24.3 Å². The first-order valence-electron chi connectivity index (χ1n) is 22.2. The molecule has 3 heterocycles. The van der Waals surface area contributed by atoms with Gasteiger partial charge in [0.2, 0.25) is 29.5 Å². The number of thioether (sulfide) groups is 1. The molecule has 0 spiro atoms. The minimum atomic E-state index is -1.08. The first kappa shape index (κ1) is 50.7. The summed E-state index contributed by atoms with van der Waals surface area (Å²) in [5, 5.41) is 29.9. The number of epoxide rings is 1. The first-order chi connectivity index (χ1) is 30.1. The molecule has 3 aliphatic heterocycles.